The van der Waals surface area contributed by atoms with Gasteiger partial charge in [0.25, 0.3) is 5.91 Å². The van der Waals surface area contributed by atoms with Gasteiger partial charge in [-0.2, -0.15) is 18.3 Å². The number of aliphatic hydroxyl groups is 1. The van der Waals surface area contributed by atoms with Crippen LogP contribution in [0.3, 0.4) is 0 Å². The third kappa shape index (κ3) is 7.79. The molecule has 250 valence electrons. The second kappa shape index (κ2) is 13.1. The minimum absolute atomic E-state index is 0.126. The van der Waals surface area contributed by atoms with Crippen LogP contribution in [0, 0.1) is 19.7 Å². The van der Waals surface area contributed by atoms with Crippen LogP contribution in [0.4, 0.5) is 17.6 Å². The van der Waals surface area contributed by atoms with Crippen molar-refractivity contribution in [3.63, 3.8) is 0 Å². The average molecular weight is 656 g/mol. The van der Waals surface area contributed by atoms with E-state index in [1.165, 1.54) is 41.2 Å². The van der Waals surface area contributed by atoms with Gasteiger partial charge >= 0.3 is 6.18 Å². The van der Waals surface area contributed by atoms with E-state index in [0.717, 1.165) is 5.56 Å². The molecule has 0 radical (unpaired) electrons. The molecule has 4 rings (SSSR count). The highest BCUT2D eigenvalue weighted by atomic mass is 19.4. The van der Waals surface area contributed by atoms with Crippen LogP contribution in [0.25, 0.3) is 16.6 Å². The molecule has 0 fully saturated rings. The number of halogens is 4. The molecule has 9 nitrogen and oxygen atoms in total. The second-order valence-corrected chi connectivity index (χ2v) is 12.6. The normalized spacial score (nSPS) is 14.1. The molecular formula is C34H37F4N5O4. The molecule has 3 amide bonds. The first-order chi connectivity index (χ1) is 21.8. The van der Waals surface area contributed by atoms with Gasteiger partial charge in [0, 0.05) is 10.9 Å². The Kier molecular flexibility index (Phi) is 9.81. The van der Waals surface area contributed by atoms with Gasteiger partial charge in [0.05, 0.1) is 23.8 Å². The molecule has 47 heavy (non-hydrogen) atoms. The third-order valence-electron chi connectivity index (χ3n) is 8.32. The lowest BCUT2D eigenvalue weighted by molar-refractivity contribution is -0.269. The quantitative estimate of drug-likeness (QED) is 0.161. The highest BCUT2D eigenvalue weighted by molar-refractivity contribution is 5.99. The molecule has 13 heteroatoms. The maximum absolute atomic E-state index is 14.5. The van der Waals surface area contributed by atoms with Crippen molar-refractivity contribution in [1.29, 1.82) is 0 Å². The average Bonchev–Trinajstić information content (AvgIpc) is 3.39. The summed E-state index contributed by atoms with van der Waals surface area (Å²) in [5, 5.41) is 18.6. The molecule has 0 aliphatic rings. The van der Waals surface area contributed by atoms with Crippen LogP contribution in [-0.2, 0) is 21.4 Å². The van der Waals surface area contributed by atoms with Crippen molar-refractivity contribution >= 4 is 28.6 Å². The number of carbonyl (C=O) groups excluding carboxylic acids is 3. The van der Waals surface area contributed by atoms with Gasteiger partial charge in [-0.05, 0) is 97.2 Å². The summed E-state index contributed by atoms with van der Waals surface area (Å²) in [5.74, 6) is -3.01. The number of amides is 3. The van der Waals surface area contributed by atoms with Gasteiger partial charge in [0.15, 0.2) is 5.60 Å². The summed E-state index contributed by atoms with van der Waals surface area (Å²) in [7, 11) is 0. The molecule has 3 aromatic carbocycles. The molecule has 2 unspecified atom stereocenters. The summed E-state index contributed by atoms with van der Waals surface area (Å²) >= 11 is 0. The number of aryl methyl sites for hydroxylation is 3. The number of hydrogen-bond donors (Lipinski definition) is 4. The van der Waals surface area contributed by atoms with Crippen LogP contribution in [0.2, 0.25) is 0 Å². The monoisotopic (exact) mass is 655 g/mol. The molecule has 0 bridgehead atoms. The fourth-order valence-corrected chi connectivity index (χ4v) is 6.03. The molecule has 4 aromatic rings. The van der Waals surface area contributed by atoms with Crippen LogP contribution in [0.15, 0.2) is 60.8 Å². The summed E-state index contributed by atoms with van der Waals surface area (Å²) in [6.45, 7) is 6.58. The molecular weight excluding hydrogens is 618 g/mol. The Morgan fingerprint density at radius 2 is 1.72 bits per heavy atom. The first kappa shape index (κ1) is 35.1. The first-order valence-electron chi connectivity index (χ1n) is 14.8. The zero-order valence-electron chi connectivity index (χ0n) is 26.4. The number of primary amides is 2. The number of benzene rings is 3. The number of alkyl halides is 3. The Balaban J connectivity index is 1.64. The fourth-order valence-electron chi connectivity index (χ4n) is 6.03. The summed E-state index contributed by atoms with van der Waals surface area (Å²) in [4.78, 5) is 35.9. The highest BCUT2D eigenvalue weighted by Gasteiger charge is 2.55. The van der Waals surface area contributed by atoms with Crippen LogP contribution in [0.1, 0.15) is 65.7 Å². The van der Waals surface area contributed by atoms with E-state index in [1.807, 2.05) is 0 Å². The lowest BCUT2D eigenvalue weighted by atomic mass is 9.72. The summed E-state index contributed by atoms with van der Waals surface area (Å²) in [6.07, 6.45) is -5.43. The number of rotatable bonds is 12. The van der Waals surface area contributed by atoms with E-state index in [4.69, 9.17) is 11.5 Å². The van der Waals surface area contributed by atoms with Crippen molar-refractivity contribution < 1.29 is 37.1 Å². The first-order valence-corrected chi connectivity index (χ1v) is 14.8. The zero-order chi connectivity index (χ0) is 34.9. The molecule has 0 spiro atoms. The predicted molar refractivity (Wildman–Crippen MR) is 168 cm³/mol. The van der Waals surface area contributed by atoms with Gasteiger partial charge in [0.1, 0.15) is 11.9 Å². The lowest BCUT2D eigenvalue weighted by Crippen LogP contribution is -2.49. The second-order valence-electron chi connectivity index (χ2n) is 12.6. The van der Waals surface area contributed by atoms with Crippen molar-refractivity contribution in [3.05, 3.63) is 94.4 Å². The Bertz CT molecular complexity index is 1840. The number of fused-ring (bicyclic) bond motifs is 1. The van der Waals surface area contributed by atoms with E-state index in [2.05, 4.69) is 10.4 Å². The van der Waals surface area contributed by atoms with Crippen molar-refractivity contribution in [2.24, 2.45) is 11.5 Å². The zero-order valence-corrected chi connectivity index (χ0v) is 26.4. The van der Waals surface area contributed by atoms with Gasteiger partial charge in [-0.1, -0.05) is 32.0 Å². The number of nitrogens with one attached hydrogen (secondary N) is 1. The van der Waals surface area contributed by atoms with E-state index < -0.39 is 66.0 Å². The fraction of sp³-hybridized carbons (Fsp3) is 0.353. The summed E-state index contributed by atoms with van der Waals surface area (Å²) < 4.78 is 59.1. The molecule has 2 atom stereocenters. The van der Waals surface area contributed by atoms with Gasteiger partial charge in [-0.3, -0.25) is 14.4 Å². The Hall–Kier alpha value is -4.78. The molecule has 0 aliphatic heterocycles. The maximum atomic E-state index is 14.5. The van der Waals surface area contributed by atoms with Gasteiger partial charge in [0.2, 0.25) is 11.8 Å². The Labute approximate surface area is 268 Å². The number of aromatic nitrogens is 2. The van der Waals surface area contributed by atoms with E-state index in [0.29, 0.717) is 33.3 Å². The Morgan fingerprint density at radius 3 is 2.36 bits per heavy atom. The minimum atomic E-state index is -4.97. The van der Waals surface area contributed by atoms with E-state index in [9.17, 15) is 37.1 Å². The maximum Gasteiger partial charge on any atom is 0.417 e. The summed E-state index contributed by atoms with van der Waals surface area (Å²) in [5.41, 5.74) is 9.51. The number of nitrogens with two attached hydrogens (primary N) is 2. The molecule has 0 saturated carbocycles. The number of carbonyl (C=O) groups is 3. The van der Waals surface area contributed by atoms with Crippen molar-refractivity contribution in [1.82, 2.24) is 15.1 Å². The molecule has 1 aromatic heterocycles. The minimum Gasteiger partial charge on any atom is -0.380 e. The van der Waals surface area contributed by atoms with Gasteiger partial charge < -0.3 is 21.9 Å². The van der Waals surface area contributed by atoms with E-state index in [1.54, 1.807) is 52.0 Å². The van der Waals surface area contributed by atoms with E-state index in [-0.39, 0.29) is 12.0 Å². The molecule has 1 heterocycles. The Morgan fingerprint density at radius 1 is 1.02 bits per heavy atom. The van der Waals surface area contributed by atoms with Crippen LogP contribution in [0.5, 0.6) is 0 Å². The molecule has 6 N–H and O–H groups in total. The predicted octanol–water partition coefficient (Wildman–Crippen LogP) is 4.83. The molecule has 0 saturated heterocycles. The van der Waals surface area contributed by atoms with Crippen LogP contribution < -0.4 is 16.8 Å². The smallest absolute Gasteiger partial charge is 0.380 e. The van der Waals surface area contributed by atoms with Crippen molar-refractivity contribution in [3.8, 4) is 5.69 Å². The van der Waals surface area contributed by atoms with E-state index >= 15 is 0 Å². The van der Waals surface area contributed by atoms with Crippen molar-refractivity contribution in [2.75, 3.05) is 0 Å². The number of hydrogen-bond acceptors (Lipinski definition) is 5. The third-order valence-corrected chi connectivity index (χ3v) is 8.32. The lowest BCUT2D eigenvalue weighted by Gasteiger charge is -2.38. The van der Waals surface area contributed by atoms with Crippen molar-refractivity contribution in [2.45, 2.75) is 76.6 Å². The van der Waals surface area contributed by atoms with Gasteiger partial charge in [-0.25, -0.2) is 9.07 Å². The highest BCUT2D eigenvalue weighted by Crippen LogP contribution is 2.44. The van der Waals surface area contributed by atoms with Gasteiger partial charge in [-0.15, -0.1) is 0 Å². The van der Waals surface area contributed by atoms with Crippen LogP contribution >= 0.6 is 0 Å². The summed E-state index contributed by atoms with van der Waals surface area (Å²) in [6, 6.07) is 12.4. The largest absolute Gasteiger partial charge is 0.417 e. The number of nitrogens with zero attached hydrogens (tertiary/aromatic N) is 2. The molecule has 0 aliphatic carbocycles. The van der Waals surface area contributed by atoms with Crippen LogP contribution in [-0.4, -0.2) is 50.4 Å². The standard InChI is InChI=1S/C34H37F4N5O4/c1-19-12-21(10-11-33(47,34(36,37)38)18-32(3,4)26-15-23(35)9-8-20(26)2)25-17-41-43(28(25)13-19)24-7-5-6-22(14-24)31(46)42-27(30(40)45)16-29(39)44/h5-9,12-15,17,27,47H,10-11,16,18H2,1-4H3,(H2,39,44)(H2,40,45)(H,42,46). The topological polar surface area (TPSA) is 153 Å². The SMILES string of the molecule is Cc1cc(CCC(O)(CC(C)(C)c2cc(F)ccc2C)C(F)(F)F)c2cnn(-c3cccc(C(=O)NC(CC(N)=O)C(N)=O)c3)c2c1.